The normalized spacial score (nSPS) is 12.6. The van der Waals surface area contributed by atoms with Gasteiger partial charge < -0.3 is 10.4 Å². The van der Waals surface area contributed by atoms with Crippen LogP contribution in [0.3, 0.4) is 0 Å². The van der Waals surface area contributed by atoms with Crippen LogP contribution in [0.2, 0.25) is 0 Å². The highest BCUT2D eigenvalue weighted by Gasteiger charge is 2.05. The van der Waals surface area contributed by atoms with Gasteiger partial charge in [-0.05, 0) is 34.1 Å². The number of halogens is 3. The fourth-order valence-electron chi connectivity index (χ4n) is 0.915. The topological polar surface area (TPSA) is 32.3 Å². The molecule has 1 unspecified atom stereocenters. The van der Waals surface area contributed by atoms with E-state index in [4.69, 9.17) is 5.11 Å². The maximum Gasteiger partial charge on any atom is 0.125 e. The molecule has 0 aliphatic carbocycles. The van der Waals surface area contributed by atoms with Crippen LogP contribution < -0.4 is 5.32 Å². The number of hydrogen-bond acceptors (Lipinski definition) is 2. The van der Waals surface area contributed by atoms with Gasteiger partial charge in [-0.3, -0.25) is 0 Å². The number of anilines is 1. The van der Waals surface area contributed by atoms with Crippen LogP contribution in [0.5, 0.6) is 0 Å². The van der Waals surface area contributed by atoms with Gasteiger partial charge in [0, 0.05) is 11.0 Å². The third-order valence-corrected chi connectivity index (χ3v) is 2.33. The van der Waals surface area contributed by atoms with Crippen molar-refractivity contribution in [3.8, 4) is 0 Å². The van der Waals surface area contributed by atoms with E-state index in [2.05, 4.69) is 21.2 Å². The van der Waals surface area contributed by atoms with Gasteiger partial charge in [0.05, 0.1) is 11.8 Å². The highest BCUT2D eigenvalue weighted by atomic mass is 79.9. The summed E-state index contributed by atoms with van der Waals surface area (Å²) in [6.07, 6.45) is -1.06. The summed E-state index contributed by atoms with van der Waals surface area (Å²) in [4.78, 5) is 0. The Morgan fingerprint density at radius 1 is 1.50 bits per heavy atom. The first-order chi connectivity index (χ1) is 6.63. The summed E-state index contributed by atoms with van der Waals surface area (Å²) in [7, 11) is 0. The van der Waals surface area contributed by atoms with Gasteiger partial charge in [-0.2, -0.15) is 0 Å². The number of alkyl halides is 1. The van der Waals surface area contributed by atoms with Gasteiger partial charge in [0.15, 0.2) is 0 Å². The smallest absolute Gasteiger partial charge is 0.125 e. The lowest BCUT2D eigenvalue weighted by Crippen LogP contribution is -2.21. The second kappa shape index (κ2) is 5.26. The molecule has 0 aliphatic rings. The van der Waals surface area contributed by atoms with E-state index < -0.39 is 12.8 Å². The van der Waals surface area contributed by atoms with Crippen molar-refractivity contribution in [1.82, 2.24) is 0 Å². The lowest BCUT2D eigenvalue weighted by Gasteiger charge is -2.10. The minimum absolute atomic E-state index is 0.0541. The van der Waals surface area contributed by atoms with Crippen LogP contribution in [-0.4, -0.2) is 24.4 Å². The molecule has 0 amide bonds. The molecule has 1 atom stereocenters. The molecule has 1 aromatic rings. The standard InChI is InChI=1S/C9H10BrF2NO/c10-8-2-1-6(12)3-9(8)13-5-7(14)4-11/h1-3,7,13-14H,4-5H2. The molecular formula is C9H10BrF2NO. The first-order valence-electron chi connectivity index (χ1n) is 4.06. The zero-order valence-electron chi connectivity index (χ0n) is 7.30. The third kappa shape index (κ3) is 3.23. The summed E-state index contributed by atoms with van der Waals surface area (Å²) in [5, 5.41) is 11.7. The monoisotopic (exact) mass is 265 g/mol. The van der Waals surface area contributed by atoms with Crippen LogP contribution >= 0.6 is 15.9 Å². The molecule has 0 saturated heterocycles. The fourth-order valence-corrected chi connectivity index (χ4v) is 1.30. The number of nitrogens with one attached hydrogen (secondary N) is 1. The number of rotatable bonds is 4. The summed E-state index contributed by atoms with van der Waals surface area (Å²) >= 11 is 3.20. The molecule has 2 nitrogen and oxygen atoms in total. The number of benzene rings is 1. The maximum atomic E-state index is 12.8. The summed E-state index contributed by atoms with van der Waals surface area (Å²) in [5.41, 5.74) is 0.498. The van der Waals surface area contributed by atoms with Crippen molar-refractivity contribution in [2.45, 2.75) is 6.10 Å². The van der Waals surface area contributed by atoms with E-state index in [9.17, 15) is 8.78 Å². The Hall–Kier alpha value is -0.680. The van der Waals surface area contributed by atoms with Crippen molar-refractivity contribution in [3.63, 3.8) is 0 Å². The van der Waals surface area contributed by atoms with Gasteiger partial charge in [0.25, 0.3) is 0 Å². The summed E-state index contributed by atoms with van der Waals surface area (Å²) in [5.74, 6) is -0.384. The summed E-state index contributed by atoms with van der Waals surface area (Å²) in [6, 6.07) is 4.12. The Morgan fingerprint density at radius 3 is 2.86 bits per heavy atom. The van der Waals surface area contributed by atoms with Crippen LogP contribution in [0.15, 0.2) is 22.7 Å². The lowest BCUT2D eigenvalue weighted by atomic mass is 10.3. The number of aliphatic hydroxyl groups is 1. The molecule has 0 spiro atoms. The molecule has 1 rings (SSSR count). The lowest BCUT2D eigenvalue weighted by molar-refractivity contribution is 0.151. The fraction of sp³-hybridized carbons (Fsp3) is 0.333. The molecule has 5 heteroatoms. The van der Waals surface area contributed by atoms with Crippen molar-refractivity contribution in [3.05, 3.63) is 28.5 Å². The molecule has 78 valence electrons. The van der Waals surface area contributed by atoms with Gasteiger partial charge in [0.2, 0.25) is 0 Å². The zero-order chi connectivity index (χ0) is 10.6. The van der Waals surface area contributed by atoms with Crippen molar-refractivity contribution < 1.29 is 13.9 Å². The van der Waals surface area contributed by atoms with Crippen LogP contribution in [0.1, 0.15) is 0 Å². The van der Waals surface area contributed by atoms with E-state index >= 15 is 0 Å². The highest BCUT2D eigenvalue weighted by molar-refractivity contribution is 9.10. The van der Waals surface area contributed by atoms with Crippen LogP contribution in [0.25, 0.3) is 0 Å². The minimum atomic E-state index is -1.06. The quantitative estimate of drug-likeness (QED) is 0.876. The first kappa shape index (κ1) is 11.4. The Morgan fingerprint density at radius 2 is 2.21 bits per heavy atom. The molecule has 0 aromatic heterocycles. The molecule has 0 bridgehead atoms. The molecule has 2 N–H and O–H groups in total. The predicted molar refractivity (Wildman–Crippen MR) is 54.6 cm³/mol. The Labute approximate surface area is 89.1 Å². The van der Waals surface area contributed by atoms with Crippen molar-refractivity contribution in [2.75, 3.05) is 18.5 Å². The molecule has 0 aliphatic heterocycles. The van der Waals surface area contributed by atoms with Crippen LogP contribution in [-0.2, 0) is 0 Å². The van der Waals surface area contributed by atoms with E-state index in [1.807, 2.05) is 0 Å². The average Bonchev–Trinajstić information content (AvgIpc) is 2.19. The number of hydrogen-bond donors (Lipinski definition) is 2. The van der Waals surface area contributed by atoms with Crippen LogP contribution in [0.4, 0.5) is 14.5 Å². The van der Waals surface area contributed by atoms with Gasteiger partial charge in [-0.15, -0.1) is 0 Å². The minimum Gasteiger partial charge on any atom is -0.389 e. The van der Waals surface area contributed by atoms with E-state index in [1.165, 1.54) is 12.1 Å². The molecule has 0 heterocycles. The van der Waals surface area contributed by atoms with Crippen molar-refractivity contribution >= 4 is 21.6 Å². The third-order valence-electron chi connectivity index (χ3n) is 1.63. The second-order valence-corrected chi connectivity index (χ2v) is 3.67. The molecule has 14 heavy (non-hydrogen) atoms. The van der Waals surface area contributed by atoms with Gasteiger partial charge >= 0.3 is 0 Å². The maximum absolute atomic E-state index is 12.8. The average molecular weight is 266 g/mol. The zero-order valence-corrected chi connectivity index (χ0v) is 8.89. The summed E-state index contributed by atoms with van der Waals surface area (Å²) < 4.78 is 25.3. The molecule has 0 fully saturated rings. The van der Waals surface area contributed by atoms with Gasteiger partial charge in [-0.25, -0.2) is 8.78 Å². The Balaban J connectivity index is 2.62. The van der Waals surface area contributed by atoms with E-state index in [-0.39, 0.29) is 12.4 Å². The summed E-state index contributed by atoms with van der Waals surface area (Å²) in [6.45, 7) is -0.765. The van der Waals surface area contributed by atoms with E-state index in [0.29, 0.717) is 10.2 Å². The van der Waals surface area contributed by atoms with Crippen molar-refractivity contribution in [2.24, 2.45) is 0 Å². The van der Waals surface area contributed by atoms with Crippen molar-refractivity contribution in [1.29, 1.82) is 0 Å². The second-order valence-electron chi connectivity index (χ2n) is 2.81. The first-order valence-corrected chi connectivity index (χ1v) is 4.85. The SMILES string of the molecule is OC(CF)CNc1cc(F)ccc1Br. The predicted octanol–water partition coefficient (Wildman–Crippen LogP) is 2.33. The molecule has 0 radical (unpaired) electrons. The van der Waals surface area contributed by atoms with E-state index in [0.717, 1.165) is 0 Å². The van der Waals surface area contributed by atoms with Gasteiger partial charge in [0.1, 0.15) is 12.5 Å². The number of aliphatic hydroxyl groups excluding tert-OH is 1. The van der Waals surface area contributed by atoms with E-state index in [1.54, 1.807) is 6.07 Å². The highest BCUT2D eigenvalue weighted by Crippen LogP contribution is 2.22. The largest absolute Gasteiger partial charge is 0.389 e. The van der Waals surface area contributed by atoms with Crippen LogP contribution in [0, 0.1) is 5.82 Å². The molecule has 0 saturated carbocycles. The molecule has 1 aromatic carbocycles. The Bertz CT molecular complexity index is 309. The Kier molecular flexibility index (Phi) is 4.28. The van der Waals surface area contributed by atoms with Gasteiger partial charge in [-0.1, -0.05) is 0 Å². The molecular weight excluding hydrogens is 256 g/mol.